The standard InChI is InChI=1S/C27H21ClN2O5S/c1-2-12-35-19-9-6-15(7-10-19)24(32)22-23(16-4-3-5-18(31)13-16)30(26(34)25(22)33)27-29-20-11-8-17(28)14-21(20)36-27/h3-11,13-14,23,31-32H,2,12H2,1H3. The SMILES string of the molecule is CCCOc1ccc(C(O)=C2C(=O)C(=O)N(c3nc4ccc(Cl)cc4s3)C2c2cccc(O)c2)cc1. The van der Waals surface area contributed by atoms with Crippen LogP contribution in [0.25, 0.3) is 16.0 Å². The van der Waals surface area contributed by atoms with E-state index < -0.39 is 17.7 Å². The number of hydrogen-bond acceptors (Lipinski definition) is 7. The number of aromatic hydroxyl groups is 1. The number of carbonyl (C=O) groups is 2. The predicted molar refractivity (Wildman–Crippen MR) is 140 cm³/mol. The number of aliphatic hydroxyl groups excluding tert-OH is 1. The number of phenols is 1. The van der Waals surface area contributed by atoms with Crippen LogP contribution in [0.4, 0.5) is 5.13 Å². The molecule has 4 aromatic rings. The maximum atomic E-state index is 13.3. The monoisotopic (exact) mass is 520 g/mol. The number of aromatic nitrogens is 1. The molecule has 9 heteroatoms. The van der Waals surface area contributed by atoms with Crippen LogP contribution in [0.5, 0.6) is 11.5 Å². The molecule has 1 amide bonds. The molecule has 3 aromatic carbocycles. The van der Waals surface area contributed by atoms with Gasteiger partial charge in [-0.1, -0.05) is 42.0 Å². The summed E-state index contributed by atoms with van der Waals surface area (Å²) in [5.41, 5.74) is 1.35. The van der Waals surface area contributed by atoms with Crippen LogP contribution in [0.3, 0.4) is 0 Å². The van der Waals surface area contributed by atoms with Gasteiger partial charge in [0, 0.05) is 10.6 Å². The zero-order valence-electron chi connectivity index (χ0n) is 19.1. The number of phenolic OH excluding ortho intramolecular Hbond substituents is 1. The number of hydrogen-bond donors (Lipinski definition) is 2. The first-order chi connectivity index (χ1) is 17.4. The summed E-state index contributed by atoms with van der Waals surface area (Å²) in [4.78, 5) is 32.5. The molecule has 1 aliphatic rings. The second-order valence-corrected chi connectivity index (χ2v) is 9.69. The number of thiazole rings is 1. The Balaban J connectivity index is 1.65. The van der Waals surface area contributed by atoms with Crippen molar-refractivity contribution in [1.82, 2.24) is 4.98 Å². The summed E-state index contributed by atoms with van der Waals surface area (Å²) in [6.45, 7) is 2.56. The molecule has 0 bridgehead atoms. The van der Waals surface area contributed by atoms with Gasteiger partial charge in [-0.25, -0.2) is 4.98 Å². The Labute approximate surface area is 215 Å². The van der Waals surface area contributed by atoms with Crippen molar-refractivity contribution in [2.75, 3.05) is 11.5 Å². The quantitative estimate of drug-likeness (QED) is 0.182. The zero-order chi connectivity index (χ0) is 25.4. The zero-order valence-corrected chi connectivity index (χ0v) is 20.7. The van der Waals surface area contributed by atoms with Crippen LogP contribution >= 0.6 is 22.9 Å². The van der Waals surface area contributed by atoms with Crippen molar-refractivity contribution in [3.05, 3.63) is 88.5 Å². The van der Waals surface area contributed by atoms with E-state index in [1.54, 1.807) is 54.6 Å². The number of rotatable bonds is 6. The number of benzene rings is 3. The molecule has 2 heterocycles. The molecular weight excluding hydrogens is 500 g/mol. The number of ketones is 1. The molecule has 1 saturated heterocycles. The van der Waals surface area contributed by atoms with E-state index in [4.69, 9.17) is 16.3 Å². The lowest BCUT2D eigenvalue weighted by Gasteiger charge is -2.23. The average Bonchev–Trinajstić information content (AvgIpc) is 3.40. The highest BCUT2D eigenvalue weighted by molar-refractivity contribution is 7.22. The third-order valence-corrected chi connectivity index (χ3v) is 7.03. The van der Waals surface area contributed by atoms with Crippen LogP contribution in [0.2, 0.25) is 5.02 Å². The summed E-state index contributed by atoms with van der Waals surface area (Å²) in [5.74, 6) is -1.39. The summed E-state index contributed by atoms with van der Waals surface area (Å²) in [6, 6.07) is 17.1. The van der Waals surface area contributed by atoms with Gasteiger partial charge in [0.05, 0.1) is 28.4 Å². The number of fused-ring (bicyclic) bond motifs is 1. The molecule has 182 valence electrons. The number of anilines is 1. The van der Waals surface area contributed by atoms with E-state index in [1.807, 2.05) is 6.92 Å². The Morgan fingerprint density at radius 3 is 2.61 bits per heavy atom. The van der Waals surface area contributed by atoms with E-state index in [1.165, 1.54) is 28.4 Å². The van der Waals surface area contributed by atoms with Gasteiger partial charge in [-0.2, -0.15) is 0 Å². The molecule has 1 unspecified atom stereocenters. The second kappa shape index (κ2) is 9.64. The Bertz CT molecular complexity index is 1510. The summed E-state index contributed by atoms with van der Waals surface area (Å²) >= 11 is 7.33. The van der Waals surface area contributed by atoms with E-state index in [9.17, 15) is 19.8 Å². The van der Waals surface area contributed by atoms with Gasteiger partial charge in [0.1, 0.15) is 17.3 Å². The Morgan fingerprint density at radius 2 is 1.89 bits per heavy atom. The lowest BCUT2D eigenvalue weighted by atomic mass is 9.95. The number of Topliss-reactive ketones (excluding diaryl/α,β-unsaturated/α-hetero) is 1. The number of carbonyl (C=O) groups excluding carboxylic acids is 2. The second-order valence-electron chi connectivity index (χ2n) is 8.25. The van der Waals surface area contributed by atoms with Crippen molar-refractivity contribution < 1.29 is 24.5 Å². The molecule has 5 rings (SSSR count). The van der Waals surface area contributed by atoms with Gasteiger partial charge < -0.3 is 14.9 Å². The van der Waals surface area contributed by atoms with Crippen LogP contribution in [-0.4, -0.2) is 33.5 Å². The van der Waals surface area contributed by atoms with Crippen LogP contribution in [-0.2, 0) is 9.59 Å². The fourth-order valence-electron chi connectivity index (χ4n) is 4.11. The molecule has 0 radical (unpaired) electrons. The Hall–Kier alpha value is -3.88. The largest absolute Gasteiger partial charge is 0.508 e. The summed E-state index contributed by atoms with van der Waals surface area (Å²) < 4.78 is 6.35. The van der Waals surface area contributed by atoms with Gasteiger partial charge in [-0.3, -0.25) is 14.5 Å². The number of nitrogens with zero attached hydrogens (tertiary/aromatic N) is 2. The highest BCUT2D eigenvalue weighted by Gasteiger charge is 2.48. The minimum atomic E-state index is -0.996. The average molecular weight is 521 g/mol. The molecule has 0 aliphatic carbocycles. The maximum Gasteiger partial charge on any atom is 0.301 e. The first-order valence-electron chi connectivity index (χ1n) is 11.3. The minimum Gasteiger partial charge on any atom is -0.508 e. The number of halogens is 1. The van der Waals surface area contributed by atoms with Crippen molar-refractivity contribution >= 4 is 55.7 Å². The van der Waals surface area contributed by atoms with Crippen LogP contribution in [0.1, 0.15) is 30.5 Å². The highest BCUT2D eigenvalue weighted by Crippen LogP contribution is 2.45. The smallest absolute Gasteiger partial charge is 0.301 e. The predicted octanol–water partition coefficient (Wildman–Crippen LogP) is 6.07. The molecule has 1 aliphatic heterocycles. The Kier molecular flexibility index (Phi) is 6.38. The van der Waals surface area contributed by atoms with Gasteiger partial charge in [0.2, 0.25) is 0 Å². The van der Waals surface area contributed by atoms with Gasteiger partial charge in [0.15, 0.2) is 5.13 Å². The van der Waals surface area contributed by atoms with Gasteiger partial charge in [-0.15, -0.1) is 0 Å². The molecule has 1 aromatic heterocycles. The van der Waals surface area contributed by atoms with Crippen LogP contribution < -0.4 is 9.64 Å². The lowest BCUT2D eigenvalue weighted by molar-refractivity contribution is -0.132. The highest BCUT2D eigenvalue weighted by atomic mass is 35.5. The van der Waals surface area contributed by atoms with Gasteiger partial charge >= 0.3 is 5.91 Å². The minimum absolute atomic E-state index is 0.0356. The van der Waals surface area contributed by atoms with E-state index in [2.05, 4.69) is 4.98 Å². The normalized spacial score (nSPS) is 17.2. The van der Waals surface area contributed by atoms with Crippen molar-refractivity contribution in [3.8, 4) is 11.5 Å². The molecule has 2 N–H and O–H groups in total. The van der Waals surface area contributed by atoms with Crippen molar-refractivity contribution in [2.24, 2.45) is 0 Å². The molecule has 0 spiro atoms. The van der Waals surface area contributed by atoms with E-state index in [-0.39, 0.29) is 22.2 Å². The van der Waals surface area contributed by atoms with Crippen LogP contribution in [0, 0.1) is 0 Å². The molecule has 1 atom stereocenters. The van der Waals surface area contributed by atoms with Crippen molar-refractivity contribution in [2.45, 2.75) is 19.4 Å². The van der Waals surface area contributed by atoms with Crippen molar-refractivity contribution in [1.29, 1.82) is 0 Å². The van der Waals surface area contributed by atoms with E-state index in [0.29, 0.717) is 34.0 Å². The summed E-state index contributed by atoms with van der Waals surface area (Å²) in [7, 11) is 0. The van der Waals surface area contributed by atoms with E-state index >= 15 is 0 Å². The molecule has 1 fully saturated rings. The molecule has 7 nitrogen and oxygen atoms in total. The topological polar surface area (TPSA) is 100.0 Å². The molecule has 36 heavy (non-hydrogen) atoms. The van der Waals surface area contributed by atoms with Gasteiger partial charge in [0.25, 0.3) is 5.78 Å². The maximum absolute atomic E-state index is 13.3. The number of amides is 1. The fraction of sp³-hybridized carbons (Fsp3) is 0.148. The molecule has 0 saturated carbocycles. The first kappa shape index (κ1) is 23.8. The first-order valence-corrected chi connectivity index (χ1v) is 12.5. The van der Waals surface area contributed by atoms with Gasteiger partial charge in [-0.05, 0) is 66.6 Å². The Morgan fingerprint density at radius 1 is 1.11 bits per heavy atom. The van der Waals surface area contributed by atoms with E-state index in [0.717, 1.165) is 11.1 Å². The lowest BCUT2D eigenvalue weighted by Crippen LogP contribution is -2.29. The molecular formula is C27H21ClN2O5S. The third kappa shape index (κ3) is 4.29. The number of aliphatic hydroxyl groups is 1. The third-order valence-electron chi connectivity index (χ3n) is 5.78. The fourth-order valence-corrected chi connectivity index (χ4v) is 5.38. The van der Waals surface area contributed by atoms with Crippen LogP contribution in [0.15, 0.2) is 72.3 Å². The number of ether oxygens (including phenoxy) is 1. The van der Waals surface area contributed by atoms with Crippen molar-refractivity contribution in [3.63, 3.8) is 0 Å². The summed E-state index contributed by atoms with van der Waals surface area (Å²) in [6.07, 6.45) is 0.854. The summed E-state index contributed by atoms with van der Waals surface area (Å²) in [5, 5.41) is 22.2.